The number of amides is 1. The molecule has 0 saturated heterocycles. The molecule has 0 spiro atoms. The van der Waals surface area contributed by atoms with Gasteiger partial charge in [0, 0.05) is 29.2 Å². The molecule has 1 amide bonds. The van der Waals surface area contributed by atoms with Gasteiger partial charge in [0.2, 0.25) is 0 Å². The molecule has 3 rings (SSSR count). The van der Waals surface area contributed by atoms with Crippen molar-refractivity contribution in [1.29, 1.82) is 0 Å². The Labute approximate surface area is 140 Å². The fraction of sp³-hybridized carbons (Fsp3) is 0.158. The third-order valence-corrected chi connectivity index (χ3v) is 4.29. The summed E-state index contributed by atoms with van der Waals surface area (Å²) in [6, 6.07) is 11.8. The van der Waals surface area contributed by atoms with Gasteiger partial charge < -0.3 is 5.32 Å². The number of nitrogens with one attached hydrogen (secondary N) is 1. The fourth-order valence-electron chi connectivity index (χ4n) is 2.62. The van der Waals surface area contributed by atoms with Crippen molar-refractivity contribution in [3.8, 4) is 11.3 Å². The Balaban J connectivity index is 1.77. The number of hydrogen-bond acceptors (Lipinski definition) is 3. The minimum atomic E-state index is -0.0584. The van der Waals surface area contributed by atoms with E-state index in [2.05, 4.69) is 21.7 Å². The highest BCUT2D eigenvalue weighted by atomic mass is 32.1. The lowest BCUT2D eigenvalue weighted by atomic mass is 10.1. The molecular formula is C19H18N2OS. The number of pyridine rings is 1. The molecule has 1 aromatic carbocycles. The van der Waals surface area contributed by atoms with Gasteiger partial charge in [0.15, 0.2) is 0 Å². The van der Waals surface area contributed by atoms with Crippen molar-refractivity contribution < 1.29 is 4.79 Å². The number of carbonyl (C=O) groups excluding carboxylic acids is 1. The summed E-state index contributed by atoms with van der Waals surface area (Å²) in [5.41, 5.74) is 5.92. The molecule has 0 saturated carbocycles. The van der Waals surface area contributed by atoms with E-state index in [1.165, 1.54) is 0 Å². The van der Waals surface area contributed by atoms with Crippen LogP contribution in [0.1, 0.15) is 27.0 Å². The zero-order valence-electron chi connectivity index (χ0n) is 13.2. The first-order valence-electron chi connectivity index (χ1n) is 7.46. The molecule has 0 radical (unpaired) electrons. The van der Waals surface area contributed by atoms with Gasteiger partial charge in [-0.15, -0.1) is 0 Å². The molecule has 0 bridgehead atoms. The van der Waals surface area contributed by atoms with E-state index in [-0.39, 0.29) is 5.91 Å². The maximum absolute atomic E-state index is 12.4. The van der Waals surface area contributed by atoms with E-state index in [1.807, 2.05) is 49.6 Å². The molecule has 116 valence electrons. The van der Waals surface area contributed by atoms with Crippen molar-refractivity contribution >= 4 is 17.2 Å². The van der Waals surface area contributed by atoms with Crippen LogP contribution in [0.15, 0.2) is 53.4 Å². The van der Waals surface area contributed by atoms with Crippen molar-refractivity contribution in [3.63, 3.8) is 0 Å². The molecule has 0 unspecified atom stereocenters. The topological polar surface area (TPSA) is 42.0 Å². The fourth-order valence-corrected chi connectivity index (χ4v) is 3.26. The zero-order valence-corrected chi connectivity index (χ0v) is 14.0. The average molecular weight is 322 g/mol. The Kier molecular flexibility index (Phi) is 4.53. The highest BCUT2D eigenvalue weighted by Crippen LogP contribution is 2.23. The Bertz CT molecular complexity index is 805. The molecule has 0 fully saturated rings. The highest BCUT2D eigenvalue weighted by molar-refractivity contribution is 7.08. The van der Waals surface area contributed by atoms with Gasteiger partial charge in [-0.25, -0.2) is 0 Å². The maximum atomic E-state index is 12.4. The number of thiophene rings is 1. The minimum Gasteiger partial charge on any atom is -0.348 e. The van der Waals surface area contributed by atoms with Crippen LogP contribution in [0.2, 0.25) is 0 Å². The second kappa shape index (κ2) is 6.75. The first-order valence-corrected chi connectivity index (χ1v) is 8.41. The predicted octanol–water partition coefficient (Wildman–Crippen LogP) is 4.36. The van der Waals surface area contributed by atoms with Gasteiger partial charge in [-0.05, 0) is 49.1 Å². The molecule has 4 heteroatoms. The summed E-state index contributed by atoms with van der Waals surface area (Å²) >= 11 is 1.64. The zero-order chi connectivity index (χ0) is 16.2. The third-order valence-electron chi connectivity index (χ3n) is 3.61. The molecular weight excluding hydrogens is 304 g/mol. The second-order valence-electron chi connectivity index (χ2n) is 5.58. The lowest BCUT2D eigenvalue weighted by Crippen LogP contribution is -2.23. The Morgan fingerprint density at radius 2 is 1.96 bits per heavy atom. The smallest absolute Gasteiger partial charge is 0.251 e. The lowest BCUT2D eigenvalue weighted by molar-refractivity contribution is 0.0951. The Morgan fingerprint density at radius 1 is 1.17 bits per heavy atom. The van der Waals surface area contributed by atoms with Crippen molar-refractivity contribution in [2.75, 3.05) is 0 Å². The van der Waals surface area contributed by atoms with Crippen LogP contribution in [0.4, 0.5) is 0 Å². The summed E-state index contributed by atoms with van der Waals surface area (Å²) in [6.07, 6.45) is 1.78. The molecule has 0 aliphatic carbocycles. The van der Waals surface area contributed by atoms with Crippen molar-refractivity contribution in [1.82, 2.24) is 10.3 Å². The number of hydrogen-bond donors (Lipinski definition) is 1. The highest BCUT2D eigenvalue weighted by Gasteiger charge is 2.10. The lowest BCUT2D eigenvalue weighted by Gasteiger charge is -2.10. The van der Waals surface area contributed by atoms with Crippen molar-refractivity contribution in [2.45, 2.75) is 20.4 Å². The number of benzene rings is 1. The van der Waals surface area contributed by atoms with Crippen LogP contribution in [0.5, 0.6) is 0 Å². The summed E-state index contributed by atoms with van der Waals surface area (Å²) < 4.78 is 0. The SMILES string of the molecule is Cc1cc(C)cc(C(=O)NCc2cccnc2-c2ccsc2)c1. The molecule has 0 aliphatic heterocycles. The molecule has 23 heavy (non-hydrogen) atoms. The van der Waals surface area contributed by atoms with Gasteiger partial charge in [0.25, 0.3) is 5.91 Å². The summed E-state index contributed by atoms with van der Waals surface area (Å²) in [6.45, 7) is 4.46. The van der Waals surface area contributed by atoms with Crippen LogP contribution in [0.3, 0.4) is 0 Å². The van der Waals surface area contributed by atoms with Gasteiger partial charge in [0.05, 0.1) is 5.69 Å². The molecule has 2 heterocycles. The molecule has 0 atom stereocenters. The summed E-state index contributed by atoms with van der Waals surface area (Å²) in [5, 5.41) is 7.09. The van der Waals surface area contributed by atoms with E-state index >= 15 is 0 Å². The van der Waals surface area contributed by atoms with E-state index in [4.69, 9.17) is 0 Å². The van der Waals surface area contributed by atoms with E-state index in [0.717, 1.165) is 27.9 Å². The monoisotopic (exact) mass is 322 g/mol. The second-order valence-corrected chi connectivity index (χ2v) is 6.36. The average Bonchev–Trinajstić information content (AvgIpc) is 3.06. The quantitative estimate of drug-likeness (QED) is 0.775. The van der Waals surface area contributed by atoms with Crippen LogP contribution < -0.4 is 5.32 Å². The molecule has 3 nitrogen and oxygen atoms in total. The molecule has 0 aliphatic rings. The van der Waals surface area contributed by atoms with Crippen LogP contribution >= 0.6 is 11.3 Å². The summed E-state index contributed by atoms with van der Waals surface area (Å²) in [5.74, 6) is -0.0584. The van der Waals surface area contributed by atoms with E-state index in [9.17, 15) is 4.79 Å². The third kappa shape index (κ3) is 3.66. The van der Waals surface area contributed by atoms with Gasteiger partial charge in [-0.1, -0.05) is 23.3 Å². The number of nitrogens with zero attached hydrogens (tertiary/aromatic N) is 1. The van der Waals surface area contributed by atoms with Crippen LogP contribution in [0.25, 0.3) is 11.3 Å². The standard InChI is InChI=1S/C19H18N2OS/c1-13-8-14(2)10-17(9-13)19(22)21-11-15-4-3-6-20-18(15)16-5-7-23-12-16/h3-10,12H,11H2,1-2H3,(H,21,22). The van der Waals surface area contributed by atoms with E-state index in [1.54, 1.807) is 17.5 Å². The first-order chi connectivity index (χ1) is 11.1. The van der Waals surface area contributed by atoms with Gasteiger partial charge >= 0.3 is 0 Å². The number of carbonyl (C=O) groups is 1. The summed E-state index contributed by atoms with van der Waals surface area (Å²) in [7, 11) is 0. The van der Waals surface area contributed by atoms with Crippen molar-refractivity contribution in [3.05, 3.63) is 75.6 Å². The first kappa shape index (κ1) is 15.4. The van der Waals surface area contributed by atoms with Gasteiger partial charge in [-0.2, -0.15) is 11.3 Å². The minimum absolute atomic E-state index is 0.0584. The summed E-state index contributed by atoms with van der Waals surface area (Å²) in [4.78, 5) is 16.8. The van der Waals surface area contributed by atoms with E-state index in [0.29, 0.717) is 12.1 Å². The van der Waals surface area contributed by atoms with E-state index < -0.39 is 0 Å². The number of aromatic nitrogens is 1. The Morgan fingerprint density at radius 3 is 2.65 bits per heavy atom. The number of aryl methyl sites for hydroxylation is 2. The van der Waals surface area contributed by atoms with Crippen molar-refractivity contribution in [2.24, 2.45) is 0 Å². The molecule has 2 aromatic heterocycles. The van der Waals surface area contributed by atoms with Crippen LogP contribution in [-0.2, 0) is 6.54 Å². The predicted molar refractivity (Wildman–Crippen MR) is 94.6 cm³/mol. The van der Waals surface area contributed by atoms with Crippen LogP contribution in [-0.4, -0.2) is 10.9 Å². The van der Waals surface area contributed by atoms with Crippen LogP contribution in [0, 0.1) is 13.8 Å². The largest absolute Gasteiger partial charge is 0.348 e. The molecule has 3 aromatic rings. The van der Waals surface area contributed by atoms with Gasteiger partial charge in [-0.3, -0.25) is 9.78 Å². The normalized spacial score (nSPS) is 10.5. The Hall–Kier alpha value is -2.46. The van der Waals surface area contributed by atoms with Gasteiger partial charge in [0.1, 0.15) is 0 Å². The number of rotatable bonds is 4. The molecule has 1 N–H and O–H groups in total. The maximum Gasteiger partial charge on any atom is 0.251 e.